The van der Waals surface area contributed by atoms with Crippen LogP contribution in [0.3, 0.4) is 0 Å². The van der Waals surface area contributed by atoms with Crippen molar-refractivity contribution in [2.24, 2.45) is 5.92 Å². The summed E-state index contributed by atoms with van der Waals surface area (Å²) in [4.78, 5) is 0.407. The number of nitrogens with zero attached hydrogens (tertiary/aromatic N) is 1. The first kappa shape index (κ1) is 15.8. The van der Waals surface area contributed by atoms with Crippen LogP contribution in [-0.4, -0.2) is 24.8 Å². The fourth-order valence-corrected chi connectivity index (χ4v) is 6.26. The van der Waals surface area contributed by atoms with Crippen molar-refractivity contribution >= 4 is 10.0 Å². The molecule has 120 valence electrons. The number of hydrogen-bond donors (Lipinski definition) is 0. The van der Waals surface area contributed by atoms with E-state index in [1.165, 1.54) is 6.42 Å². The number of sulfonamides is 1. The summed E-state index contributed by atoms with van der Waals surface area (Å²) in [6.45, 7) is 8.77. The molecule has 3 rings (SSSR count). The molecule has 0 aromatic heterocycles. The Hall–Kier alpha value is -1.13. The maximum atomic E-state index is 13.2. The average molecular weight is 319 g/mol. The molecule has 1 aromatic rings. The SMILES string of the molecule is C=C(C)[C@@]12CCCC[C@@H]1CCN2S(=O)(=O)c1ccc(C)cc1. The molecule has 2 atom stereocenters. The van der Waals surface area contributed by atoms with Gasteiger partial charge < -0.3 is 0 Å². The van der Waals surface area contributed by atoms with Crippen molar-refractivity contribution in [1.29, 1.82) is 0 Å². The van der Waals surface area contributed by atoms with E-state index < -0.39 is 10.0 Å². The number of benzene rings is 1. The lowest BCUT2D eigenvalue weighted by Crippen LogP contribution is -2.52. The van der Waals surface area contributed by atoms with E-state index >= 15 is 0 Å². The molecule has 1 aliphatic heterocycles. The maximum absolute atomic E-state index is 13.2. The van der Waals surface area contributed by atoms with Crippen LogP contribution in [-0.2, 0) is 10.0 Å². The lowest BCUT2D eigenvalue weighted by Gasteiger charge is -2.45. The topological polar surface area (TPSA) is 37.4 Å². The highest BCUT2D eigenvalue weighted by Crippen LogP contribution is 2.51. The Kier molecular flexibility index (Phi) is 3.94. The van der Waals surface area contributed by atoms with E-state index in [2.05, 4.69) is 6.58 Å². The van der Waals surface area contributed by atoms with Crippen molar-refractivity contribution in [1.82, 2.24) is 4.31 Å². The zero-order valence-corrected chi connectivity index (χ0v) is 14.3. The molecule has 2 fully saturated rings. The van der Waals surface area contributed by atoms with E-state index in [9.17, 15) is 8.42 Å². The molecular weight excluding hydrogens is 294 g/mol. The highest BCUT2D eigenvalue weighted by molar-refractivity contribution is 7.89. The lowest BCUT2D eigenvalue weighted by molar-refractivity contribution is 0.166. The minimum absolute atomic E-state index is 0.359. The van der Waals surface area contributed by atoms with E-state index in [4.69, 9.17) is 0 Å². The van der Waals surface area contributed by atoms with Crippen LogP contribution in [0.5, 0.6) is 0 Å². The van der Waals surface area contributed by atoms with Gasteiger partial charge in [-0.2, -0.15) is 4.31 Å². The summed E-state index contributed by atoms with van der Waals surface area (Å²) in [5, 5.41) is 0. The van der Waals surface area contributed by atoms with Gasteiger partial charge in [0.05, 0.1) is 10.4 Å². The van der Waals surface area contributed by atoms with Crippen LogP contribution in [0.1, 0.15) is 44.6 Å². The number of rotatable bonds is 3. The van der Waals surface area contributed by atoms with Gasteiger partial charge in [0, 0.05) is 6.54 Å². The van der Waals surface area contributed by atoms with E-state index in [1.807, 2.05) is 26.0 Å². The summed E-state index contributed by atoms with van der Waals surface area (Å²) < 4.78 is 28.2. The minimum atomic E-state index is -3.46. The summed E-state index contributed by atoms with van der Waals surface area (Å²) in [6.07, 6.45) is 5.28. The Morgan fingerprint density at radius 2 is 1.91 bits per heavy atom. The van der Waals surface area contributed by atoms with Gasteiger partial charge in [0.25, 0.3) is 0 Å². The average Bonchev–Trinajstić information content (AvgIpc) is 2.89. The van der Waals surface area contributed by atoms with Crippen LogP contribution in [0.15, 0.2) is 41.3 Å². The van der Waals surface area contributed by atoms with Crippen LogP contribution in [0.2, 0.25) is 0 Å². The first-order chi connectivity index (χ1) is 10.4. The van der Waals surface area contributed by atoms with E-state index in [1.54, 1.807) is 16.4 Å². The van der Waals surface area contributed by atoms with Crippen LogP contribution >= 0.6 is 0 Å². The molecule has 2 aliphatic rings. The molecule has 22 heavy (non-hydrogen) atoms. The number of fused-ring (bicyclic) bond motifs is 1. The molecule has 0 radical (unpaired) electrons. The molecule has 0 spiro atoms. The van der Waals surface area contributed by atoms with Crippen molar-refractivity contribution in [2.75, 3.05) is 6.54 Å². The zero-order chi connectivity index (χ0) is 16.0. The molecule has 1 saturated heterocycles. The Morgan fingerprint density at radius 3 is 2.55 bits per heavy atom. The summed E-state index contributed by atoms with van der Waals surface area (Å²) in [5.74, 6) is 0.430. The van der Waals surface area contributed by atoms with Crippen molar-refractivity contribution in [3.05, 3.63) is 42.0 Å². The quantitative estimate of drug-likeness (QED) is 0.793. The van der Waals surface area contributed by atoms with Gasteiger partial charge in [-0.15, -0.1) is 0 Å². The molecule has 0 bridgehead atoms. The molecule has 3 nitrogen and oxygen atoms in total. The van der Waals surface area contributed by atoms with E-state index in [0.29, 0.717) is 17.4 Å². The van der Waals surface area contributed by atoms with Crippen LogP contribution in [0, 0.1) is 12.8 Å². The standard InChI is InChI=1S/C18H25NO2S/c1-14(2)18-12-5-4-6-16(18)11-13-19(18)22(20,21)17-9-7-15(3)8-10-17/h7-10,16H,1,4-6,11-13H2,2-3H3/t16-,18+/m1/s1. The Labute approximate surface area is 134 Å². The third-order valence-electron chi connectivity index (χ3n) is 5.51. The predicted octanol–water partition coefficient (Wildman–Crippen LogP) is 3.89. The smallest absolute Gasteiger partial charge is 0.207 e. The second-order valence-corrected chi connectivity index (χ2v) is 8.69. The third kappa shape index (κ3) is 2.24. The van der Waals surface area contributed by atoms with Crippen molar-refractivity contribution in [3.8, 4) is 0 Å². The Morgan fingerprint density at radius 1 is 1.23 bits per heavy atom. The molecule has 1 aromatic carbocycles. The number of hydrogen-bond acceptors (Lipinski definition) is 2. The van der Waals surface area contributed by atoms with E-state index in [0.717, 1.165) is 36.8 Å². The normalized spacial score (nSPS) is 29.3. The molecule has 1 heterocycles. The monoisotopic (exact) mass is 319 g/mol. The second kappa shape index (κ2) is 5.50. The van der Waals surface area contributed by atoms with Crippen LogP contribution < -0.4 is 0 Å². The zero-order valence-electron chi connectivity index (χ0n) is 13.5. The van der Waals surface area contributed by atoms with Gasteiger partial charge >= 0.3 is 0 Å². The molecule has 0 unspecified atom stereocenters. The van der Waals surface area contributed by atoms with Crippen molar-refractivity contribution in [3.63, 3.8) is 0 Å². The second-order valence-electron chi connectivity index (χ2n) is 6.83. The van der Waals surface area contributed by atoms with Crippen molar-refractivity contribution < 1.29 is 8.42 Å². The summed E-state index contributed by atoms with van der Waals surface area (Å²) in [6, 6.07) is 7.20. The van der Waals surface area contributed by atoms with Gasteiger partial charge in [-0.25, -0.2) is 8.42 Å². The fourth-order valence-electron chi connectivity index (χ4n) is 4.36. The lowest BCUT2D eigenvalue weighted by atomic mass is 9.70. The number of aryl methyl sites for hydroxylation is 1. The molecule has 4 heteroatoms. The third-order valence-corrected chi connectivity index (χ3v) is 7.47. The molecular formula is C18H25NO2S. The first-order valence-corrected chi connectivity index (χ1v) is 9.58. The summed E-state index contributed by atoms with van der Waals surface area (Å²) >= 11 is 0. The predicted molar refractivity (Wildman–Crippen MR) is 89.2 cm³/mol. The van der Waals surface area contributed by atoms with Gasteiger partial charge in [-0.05, 0) is 51.2 Å². The molecule has 1 saturated carbocycles. The van der Waals surface area contributed by atoms with Crippen LogP contribution in [0.25, 0.3) is 0 Å². The Balaban J connectivity index is 2.06. The summed E-state index contributed by atoms with van der Waals surface area (Å²) in [7, 11) is -3.46. The Bertz CT molecular complexity index is 678. The van der Waals surface area contributed by atoms with Gasteiger partial charge in [0.1, 0.15) is 0 Å². The first-order valence-electron chi connectivity index (χ1n) is 8.14. The molecule has 0 N–H and O–H groups in total. The molecule has 0 amide bonds. The highest BCUT2D eigenvalue weighted by Gasteiger charge is 2.54. The van der Waals surface area contributed by atoms with Gasteiger partial charge in [0.15, 0.2) is 0 Å². The molecule has 1 aliphatic carbocycles. The van der Waals surface area contributed by atoms with Gasteiger partial charge in [-0.3, -0.25) is 0 Å². The largest absolute Gasteiger partial charge is 0.243 e. The van der Waals surface area contributed by atoms with E-state index in [-0.39, 0.29) is 5.54 Å². The van der Waals surface area contributed by atoms with Crippen molar-refractivity contribution in [2.45, 2.75) is 56.4 Å². The fraction of sp³-hybridized carbons (Fsp3) is 0.556. The van der Waals surface area contributed by atoms with Gasteiger partial charge in [-0.1, -0.05) is 42.7 Å². The highest BCUT2D eigenvalue weighted by atomic mass is 32.2. The minimum Gasteiger partial charge on any atom is -0.207 e. The summed E-state index contributed by atoms with van der Waals surface area (Å²) in [5.41, 5.74) is 1.72. The van der Waals surface area contributed by atoms with Gasteiger partial charge in [0.2, 0.25) is 10.0 Å². The maximum Gasteiger partial charge on any atom is 0.243 e. The van der Waals surface area contributed by atoms with Crippen LogP contribution in [0.4, 0.5) is 0 Å².